The van der Waals surface area contributed by atoms with Gasteiger partial charge >= 0.3 is 6.98 Å². The molecule has 0 spiro atoms. The van der Waals surface area contributed by atoms with Gasteiger partial charge in [-0.3, -0.25) is 4.98 Å². The van der Waals surface area contributed by atoms with E-state index in [0.29, 0.717) is 11.3 Å². The number of rotatable bonds is 2. The van der Waals surface area contributed by atoms with E-state index in [1.165, 1.54) is 6.07 Å². The topological polar surface area (TPSA) is 12.9 Å². The molecule has 5 heteroatoms. The van der Waals surface area contributed by atoms with Crippen molar-refractivity contribution >= 4 is 12.4 Å². The minimum atomic E-state index is -4.95. The van der Waals surface area contributed by atoms with Crippen molar-refractivity contribution in [2.75, 3.05) is 0 Å². The molecule has 0 radical (unpaired) electrons. The Labute approximate surface area is 91.0 Å². The lowest BCUT2D eigenvalue weighted by Gasteiger charge is -2.15. The van der Waals surface area contributed by atoms with E-state index in [4.69, 9.17) is 0 Å². The van der Waals surface area contributed by atoms with Gasteiger partial charge in [0.2, 0.25) is 0 Å². The summed E-state index contributed by atoms with van der Waals surface area (Å²) in [6.07, 6.45) is 1.56. The van der Waals surface area contributed by atoms with E-state index in [2.05, 4.69) is 4.98 Å². The van der Waals surface area contributed by atoms with Gasteiger partial charge in [0, 0.05) is 6.20 Å². The highest BCUT2D eigenvalue weighted by Crippen LogP contribution is 2.17. The van der Waals surface area contributed by atoms with E-state index in [-0.39, 0.29) is 0 Å². The van der Waals surface area contributed by atoms with Crippen LogP contribution >= 0.6 is 0 Å². The third-order valence-corrected chi connectivity index (χ3v) is 2.23. The SMILES string of the molecule is F[B-](F)(F)c1cccc(-c2ccccn2)c1. The Morgan fingerprint density at radius 1 is 0.938 bits per heavy atom. The van der Waals surface area contributed by atoms with Crippen LogP contribution in [0.3, 0.4) is 0 Å². The predicted molar refractivity (Wildman–Crippen MR) is 58.4 cm³/mol. The standard InChI is InChI=1S/C11H8BF3N/c13-12(14,15)10-5-3-4-9(8-10)11-6-1-2-7-16-11/h1-8H/q-1. The monoisotopic (exact) mass is 222 g/mol. The second-order valence-electron chi connectivity index (χ2n) is 3.42. The van der Waals surface area contributed by atoms with Gasteiger partial charge in [-0.05, 0) is 17.7 Å². The molecule has 0 saturated carbocycles. The zero-order chi connectivity index (χ0) is 11.6. The highest BCUT2D eigenvalue weighted by Gasteiger charge is 2.25. The van der Waals surface area contributed by atoms with Crippen LogP contribution in [0.5, 0.6) is 0 Å². The van der Waals surface area contributed by atoms with Gasteiger partial charge < -0.3 is 12.9 Å². The van der Waals surface area contributed by atoms with Gasteiger partial charge in [0.1, 0.15) is 0 Å². The number of hydrogen-bond acceptors (Lipinski definition) is 1. The highest BCUT2D eigenvalue weighted by molar-refractivity contribution is 6.73. The van der Waals surface area contributed by atoms with Crippen LogP contribution in [0, 0.1) is 0 Å². The van der Waals surface area contributed by atoms with Crippen LogP contribution in [0.25, 0.3) is 11.3 Å². The quantitative estimate of drug-likeness (QED) is 0.712. The van der Waals surface area contributed by atoms with Crippen molar-refractivity contribution in [1.82, 2.24) is 4.98 Å². The summed E-state index contributed by atoms with van der Waals surface area (Å²) in [5, 5.41) is 0. The summed E-state index contributed by atoms with van der Waals surface area (Å²) in [7, 11) is 0. The predicted octanol–water partition coefficient (Wildman–Crippen LogP) is 2.80. The lowest BCUT2D eigenvalue weighted by atomic mass is 9.79. The summed E-state index contributed by atoms with van der Waals surface area (Å²) in [6.45, 7) is -4.95. The number of aromatic nitrogens is 1. The van der Waals surface area contributed by atoms with Crippen molar-refractivity contribution in [3.63, 3.8) is 0 Å². The highest BCUT2D eigenvalue weighted by atomic mass is 19.4. The molecule has 0 saturated heterocycles. The number of benzene rings is 1. The molecule has 0 aliphatic rings. The normalized spacial score (nSPS) is 11.4. The van der Waals surface area contributed by atoms with Crippen LogP contribution in [-0.2, 0) is 0 Å². The van der Waals surface area contributed by atoms with E-state index in [1.54, 1.807) is 30.5 Å². The molecule has 2 aromatic rings. The summed E-state index contributed by atoms with van der Waals surface area (Å²) in [5.74, 6) is 0. The zero-order valence-electron chi connectivity index (χ0n) is 8.28. The maximum Gasteiger partial charge on any atom is 0.509 e. The van der Waals surface area contributed by atoms with Gasteiger partial charge in [-0.2, -0.15) is 0 Å². The number of hydrogen-bond donors (Lipinski definition) is 0. The fraction of sp³-hybridized carbons (Fsp3) is 0. The first-order valence-corrected chi connectivity index (χ1v) is 4.79. The molecule has 1 heterocycles. The van der Waals surface area contributed by atoms with Gasteiger partial charge in [-0.15, -0.1) is 5.46 Å². The van der Waals surface area contributed by atoms with E-state index in [1.807, 2.05) is 0 Å². The van der Waals surface area contributed by atoms with Crippen molar-refractivity contribution in [3.8, 4) is 11.3 Å². The smallest absolute Gasteiger partial charge is 0.445 e. The van der Waals surface area contributed by atoms with Crippen molar-refractivity contribution < 1.29 is 12.9 Å². The van der Waals surface area contributed by atoms with Gasteiger partial charge in [-0.1, -0.05) is 30.3 Å². The molecule has 0 aliphatic heterocycles. The Morgan fingerprint density at radius 2 is 1.75 bits per heavy atom. The summed E-state index contributed by atoms with van der Waals surface area (Å²) in [5.41, 5.74) is 0.435. The minimum Gasteiger partial charge on any atom is -0.445 e. The molecular weight excluding hydrogens is 214 g/mol. The van der Waals surface area contributed by atoms with Crippen LogP contribution in [0.15, 0.2) is 48.7 Å². The molecule has 16 heavy (non-hydrogen) atoms. The third kappa shape index (κ3) is 2.24. The fourth-order valence-corrected chi connectivity index (χ4v) is 1.44. The molecule has 0 unspecified atom stereocenters. The molecule has 0 atom stereocenters. The van der Waals surface area contributed by atoms with Crippen LogP contribution in [0.1, 0.15) is 0 Å². The summed E-state index contributed by atoms with van der Waals surface area (Å²) in [4.78, 5) is 4.01. The zero-order valence-corrected chi connectivity index (χ0v) is 8.28. The summed E-state index contributed by atoms with van der Waals surface area (Å²) in [6, 6.07) is 10.4. The third-order valence-electron chi connectivity index (χ3n) is 2.23. The average Bonchev–Trinajstić information content (AvgIpc) is 2.29. The molecule has 0 bridgehead atoms. The second kappa shape index (κ2) is 4.00. The first kappa shape index (κ1) is 10.7. The Kier molecular flexibility index (Phi) is 2.68. The number of halogens is 3. The summed E-state index contributed by atoms with van der Waals surface area (Å²) >= 11 is 0. The Balaban J connectivity index is 2.45. The fourth-order valence-electron chi connectivity index (χ4n) is 1.44. The molecular formula is C11H8BF3N-. The van der Waals surface area contributed by atoms with Gasteiger partial charge in [-0.25, -0.2) is 0 Å². The molecule has 0 N–H and O–H groups in total. The number of nitrogens with zero attached hydrogens (tertiary/aromatic N) is 1. The van der Waals surface area contributed by atoms with Crippen molar-refractivity contribution in [2.24, 2.45) is 0 Å². The lowest BCUT2D eigenvalue weighted by Crippen LogP contribution is -2.33. The molecule has 82 valence electrons. The van der Waals surface area contributed by atoms with Gasteiger partial charge in [0.05, 0.1) is 5.69 Å². The van der Waals surface area contributed by atoms with Crippen molar-refractivity contribution in [3.05, 3.63) is 48.7 Å². The Morgan fingerprint density at radius 3 is 2.38 bits per heavy atom. The largest absolute Gasteiger partial charge is 0.509 e. The Bertz CT molecular complexity index is 482. The lowest BCUT2D eigenvalue weighted by molar-refractivity contribution is 0.501. The molecule has 0 amide bonds. The maximum atomic E-state index is 12.5. The van der Waals surface area contributed by atoms with Crippen LogP contribution in [0.2, 0.25) is 0 Å². The van der Waals surface area contributed by atoms with E-state index in [0.717, 1.165) is 12.1 Å². The first-order valence-electron chi connectivity index (χ1n) is 4.79. The van der Waals surface area contributed by atoms with E-state index < -0.39 is 12.4 Å². The molecule has 2 rings (SSSR count). The van der Waals surface area contributed by atoms with Gasteiger partial charge in [0.15, 0.2) is 0 Å². The van der Waals surface area contributed by atoms with Crippen LogP contribution < -0.4 is 5.46 Å². The second-order valence-corrected chi connectivity index (χ2v) is 3.42. The maximum absolute atomic E-state index is 12.5. The van der Waals surface area contributed by atoms with Crippen LogP contribution in [-0.4, -0.2) is 12.0 Å². The van der Waals surface area contributed by atoms with E-state index >= 15 is 0 Å². The minimum absolute atomic E-state index is 0.484. The molecule has 1 aromatic carbocycles. The molecule has 1 nitrogen and oxygen atoms in total. The van der Waals surface area contributed by atoms with E-state index in [9.17, 15) is 12.9 Å². The Hall–Kier alpha value is -1.78. The van der Waals surface area contributed by atoms with Gasteiger partial charge in [0.25, 0.3) is 0 Å². The average molecular weight is 222 g/mol. The molecule has 1 aromatic heterocycles. The van der Waals surface area contributed by atoms with Crippen molar-refractivity contribution in [1.29, 1.82) is 0 Å². The summed E-state index contributed by atoms with van der Waals surface area (Å²) < 4.78 is 37.6. The van der Waals surface area contributed by atoms with Crippen molar-refractivity contribution in [2.45, 2.75) is 0 Å². The molecule has 0 fully saturated rings. The molecule has 0 aliphatic carbocycles. The number of pyridine rings is 1. The van der Waals surface area contributed by atoms with Crippen LogP contribution in [0.4, 0.5) is 12.9 Å². The first-order chi connectivity index (χ1) is 7.57.